The molecule has 0 spiro atoms. The Morgan fingerprint density at radius 3 is 2.52 bits per heavy atom. The molecule has 0 aromatic heterocycles. The maximum absolute atomic E-state index is 11.9. The molecule has 0 radical (unpaired) electrons. The predicted octanol–water partition coefficient (Wildman–Crippen LogP) is 2.66. The summed E-state index contributed by atoms with van der Waals surface area (Å²) in [7, 11) is 0. The van der Waals surface area contributed by atoms with Crippen molar-refractivity contribution in [1.29, 1.82) is 0 Å². The number of hydrazine groups is 1. The standard InChI is InChI=1S/C19H22N2O4/c1-12(2)14-9-8-13(3)10-17(14)25-11-18(23)20-21-19(24)15-6-4-5-7-16(15)22/h4-10,12,22H,11H2,1-3H3,(H,20,23)(H,21,24). The number of benzene rings is 2. The molecule has 0 aliphatic carbocycles. The lowest BCUT2D eigenvalue weighted by Gasteiger charge is -2.15. The Morgan fingerprint density at radius 1 is 1.12 bits per heavy atom. The van der Waals surface area contributed by atoms with Crippen molar-refractivity contribution in [2.45, 2.75) is 26.7 Å². The van der Waals surface area contributed by atoms with Gasteiger partial charge in [-0.2, -0.15) is 0 Å². The van der Waals surface area contributed by atoms with Crippen molar-refractivity contribution in [2.24, 2.45) is 0 Å². The Kier molecular flexibility index (Phi) is 6.00. The fraction of sp³-hybridized carbons (Fsp3) is 0.263. The fourth-order valence-electron chi connectivity index (χ4n) is 2.28. The van der Waals surface area contributed by atoms with Crippen molar-refractivity contribution in [2.75, 3.05) is 6.61 Å². The average Bonchev–Trinajstić information content (AvgIpc) is 2.58. The summed E-state index contributed by atoms with van der Waals surface area (Å²) < 4.78 is 5.59. The number of nitrogens with one attached hydrogen (secondary N) is 2. The zero-order valence-electron chi connectivity index (χ0n) is 14.5. The van der Waals surface area contributed by atoms with E-state index in [2.05, 4.69) is 10.9 Å². The number of aryl methyl sites for hydroxylation is 1. The molecule has 2 aromatic carbocycles. The maximum atomic E-state index is 11.9. The van der Waals surface area contributed by atoms with Crippen LogP contribution in [0.1, 0.15) is 41.3 Å². The molecule has 25 heavy (non-hydrogen) atoms. The van der Waals surface area contributed by atoms with Gasteiger partial charge >= 0.3 is 0 Å². The Hall–Kier alpha value is -3.02. The summed E-state index contributed by atoms with van der Waals surface area (Å²) in [5.41, 5.74) is 6.63. The second kappa shape index (κ2) is 8.19. The number of hydrogen-bond donors (Lipinski definition) is 3. The molecule has 6 nitrogen and oxygen atoms in total. The third-order valence-electron chi connectivity index (χ3n) is 3.61. The highest BCUT2D eigenvalue weighted by atomic mass is 16.5. The Labute approximate surface area is 146 Å². The second-order valence-electron chi connectivity index (χ2n) is 6.00. The van der Waals surface area contributed by atoms with Crippen LogP contribution in [0.5, 0.6) is 11.5 Å². The molecule has 0 fully saturated rings. The first kappa shape index (κ1) is 18.3. The highest BCUT2D eigenvalue weighted by Crippen LogP contribution is 2.27. The van der Waals surface area contributed by atoms with Crippen LogP contribution < -0.4 is 15.6 Å². The van der Waals surface area contributed by atoms with Crippen molar-refractivity contribution in [3.05, 3.63) is 59.2 Å². The number of hydrogen-bond acceptors (Lipinski definition) is 4. The molecule has 0 heterocycles. The van der Waals surface area contributed by atoms with E-state index in [9.17, 15) is 14.7 Å². The molecule has 0 atom stereocenters. The second-order valence-corrected chi connectivity index (χ2v) is 6.00. The SMILES string of the molecule is Cc1ccc(C(C)C)c(OCC(=O)NNC(=O)c2ccccc2O)c1. The highest BCUT2D eigenvalue weighted by Gasteiger charge is 2.13. The summed E-state index contributed by atoms with van der Waals surface area (Å²) in [6, 6.07) is 11.9. The summed E-state index contributed by atoms with van der Waals surface area (Å²) in [5.74, 6) is -0.353. The van der Waals surface area contributed by atoms with Crippen molar-refractivity contribution in [3.63, 3.8) is 0 Å². The third-order valence-corrected chi connectivity index (χ3v) is 3.61. The lowest BCUT2D eigenvalue weighted by Crippen LogP contribution is -2.43. The van der Waals surface area contributed by atoms with E-state index in [0.717, 1.165) is 11.1 Å². The molecule has 0 bridgehead atoms. The van der Waals surface area contributed by atoms with Crippen LogP contribution in [0, 0.1) is 6.92 Å². The highest BCUT2D eigenvalue weighted by molar-refractivity contribution is 5.97. The van der Waals surface area contributed by atoms with Crippen LogP contribution in [0.15, 0.2) is 42.5 Å². The van der Waals surface area contributed by atoms with Gasteiger partial charge in [-0.15, -0.1) is 0 Å². The number of ether oxygens (including phenoxy) is 1. The molecule has 0 unspecified atom stereocenters. The van der Waals surface area contributed by atoms with E-state index < -0.39 is 11.8 Å². The molecular formula is C19H22N2O4. The van der Waals surface area contributed by atoms with Crippen LogP contribution in [0.25, 0.3) is 0 Å². The first-order valence-electron chi connectivity index (χ1n) is 7.99. The molecular weight excluding hydrogens is 320 g/mol. The third kappa shape index (κ3) is 4.97. The van der Waals surface area contributed by atoms with Crippen molar-refractivity contribution in [1.82, 2.24) is 10.9 Å². The molecule has 132 valence electrons. The fourth-order valence-corrected chi connectivity index (χ4v) is 2.28. The van der Waals surface area contributed by atoms with E-state index in [0.29, 0.717) is 5.75 Å². The first-order chi connectivity index (χ1) is 11.9. The minimum absolute atomic E-state index is 0.0736. The van der Waals surface area contributed by atoms with E-state index in [1.807, 2.05) is 39.0 Å². The van der Waals surface area contributed by atoms with Crippen LogP contribution >= 0.6 is 0 Å². The molecule has 0 saturated carbocycles. The monoisotopic (exact) mass is 342 g/mol. The predicted molar refractivity (Wildman–Crippen MR) is 94.5 cm³/mol. The van der Waals surface area contributed by atoms with Gasteiger partial charge in [0.2, 0.25) is 0 Å². The number of phenols is 1. The van der Waals surface area contributed by atoms with Crippen molar-refractivity contribution in [3.8, 4) is 11.5 Å². The van der Waals surface area contributed by atoms with Gasteiger partial charge in [-0.25, -0.2) is 0 Å². The number of amides is 2. The Morgan fingerprint density at radius 2 is 1.84 bits per heavy atom. The molecule has 2 rings (SSSR count). The largest absolute Gasteiger partial charge is 0.507 e. The van der Waals surface area contributed by atoms with E-state index in [-0.39, 0.29) is 23.8 Å². The average molecular weight is 342 g/mol. The van der Waals surface area contributed by atoms with Crippen LogP contribution in [0.4, 0.5) is 0 Å². The maximum Gasteiger partial charge on any atom is 0.276 e. The zero-order valence-corrected chi connectivity index (χ0v) is 14.5. The quantitative estimate of drug-likeness (QED) is 0.729. The first-order valence-corrected chi connectivity index (χ1v) is 7.99. The zero-order chi connectivity index (χ0) is 18.4. The minimum atomic E-state index is -0.607. The van der Waals surface area contributed by atoms with Gasteiger partial charge in [-0.1, -0.05) is 38.1 Å². The van der Waals surface area contributed by atoms with Crippen molar-refractivity contribution < 1.29 is 19.4 Å². The summed E-state index contributed by atoms with van der Waals surface area (Å²) in [6.07, 6.45) is 0. The normalized spacial score (nSPS) is 10.4. The Balaban J connectivity index is 1.90. The summed E-state index contributed by atoms with van der Waals surface area (Å²) >= 11 is 0. The molecule has 6 heteroatoms. The summed E-state index contributed by atoms with van der Waals surface area (Å²) in [4.78, 5) is 23.8. The molecule has 3 N–H and O–H groups in total. The van der Waals surface area contributed by atoms with E-state index in [1.54, 1.807) is 12.1 Å². The van der Waals surface area contributed by atoms with Crippen molar-refractivity contribution >= 4 is 11.8 Å². The summed E-state index contributed by atoms with van der Waals surface area (Å²) in [5, 5.41) is 9.61. The van der Waals surface area contributed by atoms with E-state index >= 15 is 0 Å². The van der Waals surface area contributed by atoms with Crippen LogP contribution in [0.3, 0.4) is 0 Å². The van der Waals surface area contributed by atoms with E-state index in [1.165, 1.54) is 12.1 Å². The van der Waals surface area contributed by atoms with Gasteiger partial charge in [0, 0.05) is 0 Å². The lowest BCUT2D eigenvalue weighted by atomic mass is 10.0. The minimum Gasteiger partial charge on any atom is -0.507 e. The number of aromatic hydroxyl groups is 1. The van der Waals surface area contributed by atoms with Gasteiger partial charge < -0.3 is 9.84 Å². The molecule has 2 aromatic rings. The number of para-hydroxylation sites is 1. The molecule has 2 amide bonds. The molecule has 0 saturated heterocycles. The van der Waals surface area contributed by atoms with Gasteiger partial charge in [0.15, 0.2) is 6.61 Å². The number of rotatable bonds is 5. The number of phenolic OH excluding ortho intramolecular Hbond substituents is 1. The van der Waals surface area contributed by atoms with Crippen LogP contribution in [0.2, 0.25) is 0 Å². The van der Waals surface area contributed by atoms with Gasteiger partial charge in [-0.05, 0) is 42.2 Å². The van der Waals surface area contributed by atoms with Gasteiger partial charge in [-0.3, -0.25) is 20.4 Å². The topological polar surface area (TPSA) is 87.7 Å². The molecule has 0 aliphatic heterocycles. The van der Waals surface area contributed by atoms with E-state index in [4.69, 9.17) is 4.74 Å². The number of carbonyl (C=O) groups is 2. The van der Waals surface area contributed by atoms with Crippen LogP contribution in [-0.2, 0) is 4.79 Å². The molecule has 0 aliphatic rings. The summed E-state index contributed by atoms with van der Waals surface area (Å²) in [6.45, 7) is 5.81. The lowest BCUT2D eigenvalue weighted by molar-refractivity contribution is -0.123. The smallest absolute Gasteiger partial charge is 0.276 e. The van der Waals surface area contributed by atoms with Gasteiger partial charge in [0.1, 0.15) is 11.5 Å². The Bertz CT molecular complexity index is 772. The number of carbonyl (C=O) groups excluding carboxylic acids is 2. The van der Waals surface area contributed by atoms with Gasteiger partial charge in [0.05, 0.1) is 5.56 Å². The van der Waals surface area contributed by atoms with Crippen LogP contribution in [-0.4, -0.2) is 23.5 Å². The van der Waals surface area contributed by atoms with Gasteiger partial charge in [0.25, 0.3) is 11.8 Å².